The van der Waals surface area contributed by atoms with Crippen LogP contribution in [0.25, 0.3) is 11.3 Å². The van der Waals surface area contributed by atoms with E-state index in [-0.39, 0.29) is 0 Å². The van der Waals surface area contributed by atoms with Crippen LogP contribution in [0.2, 0.25) is 0 Å². The highest BCUT2D eigenvalue weighted by molar-refractivity contribution is 5.73. The molecule has 1 aromatic heterocycles. The van der Waals surface area contributed by atoms with E-state index in [9.17, 15) is 0 Å². The lowest BCUT2D eigenvalue weighted by Gasteiger charge is -2.05. The van der Waals surface area contributed by atoms with Crippen molar-refractivity contribution in [2.45, 2.75) is 6.92 Å². The van der Waals surface area contributed by atoms with Crippen LogP contribution in [0.15, 0.2) is 18.2 Å². The maximum Gasteiger partial charge on any atom is 0.150 e. The minimum Gasteiger partial charge on any atom is -0.495 e. The van der Waals surface area contributed by atoms with Gasteiger partial charge in [-0.2, -0.15) is 5.26 Å². The van der Waals surface area contributed by atoms with Gasteiger partial charge >= 0.3 is 0 Å². The first-order valence-electron chi connectivity index (χ1n) is 5.27. The molecule has 4 N–H and O–H groups in total. The second-order valence-corrected chi connectivity index (χ2v) is 3.79. The molecule has 0 unspecified atom stereocenters. The van der Waals surface area contributed by atoms with Crippen molar-refractivity contribution in [2.24, 2.45) is 0 Å². The zero-order chi connectivity index (χ0) is 13.3. The molecule has 6 nitrogen and oxygen atoms in total. The van der Waals surface area contributed by atoms with Gasteiger partial charge in [-0.25, -0.2) is 9.66 Å². The molecule has 0 radical (unpaired) electrons. The van der Waals surface area contributed by atoms with E-state index in [0.29, 0.717) is 28.6 Å². The highest BCUT2D eigenvalue weighted by Gasteiger charge is 2.13. The predicted molar refractivity (Wildman–Crippen MR) is 68.2 cm³/mol. The first-order valence-corrected chi connectivity index (χ1v) is 5.27. The molecule has 6 heteroatoms. The molecule has 0 aliphatic carbocycles. The summed E-state index contributed by atoms with van der Waals surface area (Å²) in [6, 6.07) is 7.24. The Morgan fingerprint density at radius 3 is 2.67 bits per heavy atom. The summed E-state index contributed by atoms with van der Waals surface area (Å²) in [5.74, 6) is 7.19. The van der Waals surface area contributed by atoms with Crippen LogP contribution in [0.5, 0.6) is 5.75 Å². The highest BCUT2D eigenvalue weighted by Crippen LogP contribution is 2.29. The van der Waals surface area contributed by atoms with Gasteiger partial charge in [-0.3, -0.25) is 0 Å². The Bertz CT molecular complexity index is 639. The fourth-order valence-electron chi connectivity index (χ4n) is 1.72. The van der Waals surface area contributed by atoms with Gasteiger partial charge in [-0.1, -0.05) is 0 Å². The summed E-state index contributed by atoms with van der Waals surface area (Å²) in [5.41, 5.74) is 7.59. The number of ether oxygens (including phenoxy) is 1. The minimum atomic E-state index is 0.363. The topological polar surface area (TPSA) is 103 Å². The van der Waals surface area contributed by atoms with Crippen LogP contribution in [0.1, 0.15) is 11.4 Å². The molecule has 2 aromatic rings. The molecule has 2 rings (SSSR count). The number of nitrogen functional groups attached to an aromatic ring is 2. The van der Waals surface area contributed by atoms with Crippen molar-refractivity contribution in [1.29, 1.82) is 5.26 Å². The zero-order valence-electron chi connectivity index (χ0n) is 10.1. The second-order valence-electron chi connectivity index (χ2n) is 3.79. The molecule has 0 aliphatic rings. The van der Waals surface area contributed by atoms with E-state index >= 15 is 0 Å². The van der Waals surface area contributed by atoms with Crippen molar-refractivity contribution >= 4 is 5.82 Å². The average Bonchev–Trinajstić information content (AvgIpc) is 2.65. The van der Waals surface area contributed by atoms with Crippen molar-refractivity contribution in [3.05, 3.63) is 29.6 Å². The Labute approximate surface area is 104 Å². The number of aromatic nitrogens is 2. The van der Waals surface area contributed by atoms with E-state index < -0.39 is 0 Å². The summed E-state index contributed by atoms with van der Waals surface area (Å²) in [6.45, 7) is 1.76. The highest BCUT2D eigenvalue weighted by atomic mass is 16.5. The van der Waals surface area contributed by atoms with Gasteiger partial charge in [0.15, 0.2) is 5.82 Å². The van der Waals surface area contributed by atoms with E-state index in [2.05, 4.69) is 11.1 Å². The molecule has 92 valence electrons. The van der Waals surface area contributed by atoms with Crippen LogP contribution in [-0.4, -0.2) is 16.8 Å². The number of imidazole rings is 1. The third-order valence-electron chi connectivity index (χ3n) is 2.72. The minimum absolute atomic E-state index is 0.363. The Morgan fingerprint density at radius 1 is 1.44 bits per heavy atom. The van der Waals surface area contributed by atoms with E-state index in [0.717, 1.165) is 5.56 Å². The third-order valence-corrected chi connectivity index (χ3v) is 2.72. The maximum absolute atomic E-state index is 9.04. The first-order chi connectivity index (χ1) is 8.58. The fraction of sp³-hybridized carbons (Fsp3) is 0.167. The van der Waals surface area contributed by atoms with Gasteiger partial charge in [0.1, 0.15) is 23.3 Å². The van der Waals surface area contributed by atoms with Crippen molar-refractivity contribution in [3.63, 3.8) is 0 Å². The van der Waals surface area contributed by atoms with Gasteiger partial charge < -0.3 is 16.3 Å². The Kier molecular flexibility index (Phi) is 2.81. The summed E-state index contributed by atoms with van der Waals surface area (Å²) in [4.78, 5) is 4.27. The number of methoxy groups -OCH3 is 1. The molecule has 0 amide bonds. The van der Waals surface area contributed by atoms with E-state index in [4.69, 9.17) is 21.6 Å². The Balaban J connectivity index is 2.59. The number of hydrogen-bond donors (Lipinski definition) is 2. The molecule has 0 spiro atoms. The van der Waals surface area contributed by atoms with E-state index in [1.165, 1.54) is 11.8 Å². The summed E-state index contributed by atoms with van der Waals surface area (Å²) in [6.07, 6.45) is 0. The number of benzene rings is 1. The number of anilines is 1. The van der Waals surface area contributed by atoms with Crippen LogP contribution in [0, 0.1) is 18.3 Å². The quantitative estimate of drug-likeness (QED) is 0.767. The predicted octanol–water partition coefficient (Wildman–Crippen LogP) is 1.03. The summed E-state index contributed by atoms with van der Waals surface area (Å²) >= 11 is 0. The zero-order valence-corrected chi connectivity index (χ0v) is 10.1. The number of hydrogen-bond acceptors (Lipinski definition) is 5. The van der Waals surface area contributed by atoms with Gasteiger partial charge in [-0.05, 0) is 25.1 Å². The molecule has 0 saturated carbocycles. The number of rotatable bonds is 2. The van der Waals surface area contributed by atoms with Crippen molar-refractivity contribution in [1.82, 2.24) is 9.66 Å². The molecule has 0 atom stereocenters. The Hall–Kier alpha value is -2.68. The molecule has 0 fully saturated rings. The standard InChI is InChI=1S/C12H13N5O/c1-7-16-11(12(14)17(7)15)8-3-4-10(18-2)9(5-8)6-13/h3-5H,14-15H2,1-2H3. The number of nitrogens with two attached hydrogens (primary N) is 2. The van der Waals surface area contributed by atoms with Crippen molar-refractivity contribution in [2.75, 3.05) is 18.7 Å². The average molecular weight is 243 g/mol. The van der Waals surface area contributed by atoms with Gasteiger partial charge in [0, 0.05) is 5.56 Å². The van der Waals surface area contributed by atoms with Crippen molar-refractivity contribution < 1.29 is 4.74 Å². The lowest BCUT2D eigenvalue weighted by atomic mass is 10.1. The summed E-state index contributed by atoms with van der Waals surface area (Å²) in [7, 11) is 1.52. The molecule has 1 heterocycles. The van der Waals surface area contributed by atoms with Gasteiger partial charge in [0.05, 0.1) is 12.7 Å². The van der Waals surface area contributed by atoms with Gasteiger partial charge in [0.25, 0.3) is 0 Å². The van der Waals surface area contributed by atoms with Crippen LogP contribution in [0.4, 0.5) is 5.82 Å². The van der Waals surface area contributed by atoms with Crippen LogP contribution >= 0.6 is 0 Å². The summed E-state index contributed by atoms with van der Waals surface area (Å²) < 4.78 is 6.39. The van der Waals surface area contributed by atoms with Crippen LogP contribution in [-0.2, 0) is 0 Å². The molecular weight excluding hydrogens is 230 g/mol. The number of aryl methyl sites for hydroxylation is 1. The molecule has 0 saturated heterocycles. The third kappa shape index (κ3) is 1.72. The second kappa shape index (κ2) is 4.30. The Morgan fingerprint density at radius 2 is 2.17 bits per heavy atom. The van der Waals surface area contributed by atoms with Crippen molar-refractivity contribution in [3.8, 4) is 23.1 Å². The van der Waals surface area contributed by atoms with Crippen LogP contribution < -0.4 is 16.3 Å². The molecule has 1 aromatic carbocycles. The molecule has 18 heavy (non-hydrogen) atoms. The van der Waals surface area contributed by atoms with Gasteiger partial charge in [-0.15, -0.1) is 0 Å². The van der Waals surface area contributed by atoms with Crippen LogP contribution in [0.3, 0.4) is 0 Å². The number of nitriles is 1. The molecule has 0 bridgehead atoms. The lowest BCUT2D eigenvalue weighted by molar-refractivity contribution is 0.413. The maximum atomic E-state index is 9.04. The van der Waals surface area contributed by atoms with Gasteiger partial charge in [0.2, 0.25) is 0 Å². The molecule has 0 aliphatic heterocycles. The normalized spacial score (nSPS) is 10.1. The fourth-order valence-corrected chi connectivity index (χ4v) is 1.72. The monoisotopic (exact) mass is 243 g/mol. The smallest absolute Gasteiger partial charge is 0.150 e. The van der Waals surface area contributed by atoms with E-state index in [1.54, 1.807) is 25.1 Å². The first kappa shape index (κ1) is 11.8. The lowest BCUT2D eigenvalue weighted by Crippen LogP contribution is -2.13. The van der Waals surface area contributed by atoms with E-state index in [1.807, 2.05) is 0 Å². The summed E-state index contributed by atoms with van der Waals surface area (Å²) in [5, 5.41) is 9.04. The SMILES string of the molecule is COc1ccc(-c2nc(C)n(N)c2N)cc1C#N. The largest absolute Gasteiger partial charge is 0.495 e. The molecular formula is C12H13N5O. The number of nitrogens with zero attached hydrogens (tertiary/aromatic N) is 3.